The Kier molecular flexibility index (Phi) is 6.17. The molecule has 1 aliphatic rings. The lowest BCUT2D eigenvalue weighted by Crippen LogP contribution is -2.39. The molecular formula is C22H25F3N2O2. The summed E-state index contributed by atoms with van der Waals surface area (Å²) >= 11 is 0. The maximum atomic E-state index is 13.7. The summed E-state index contributed by atoms with van der Waals surface area (Å²) in [6.07, 6.45) is -3.61. The molecule has 1 saturated heterocycles. The van der Waals surface area contributed by atoms with Crippen LogP contribution >= 0.6 is 0 Å². The van der Waals surface area contributed by atoms with Gasteiger partial charge in [0.2, 0.25) is 0 Å². The van der Waals surface area contributed by atoms with Crippen LogP contribution in [0.25, 0.3) is 0 Å². The molecule has 1 aliphatic heterocycles. The van der Waals surface area contributed by atoms with Crippen molar-refractivity contribution in [2.24, 2.45) is 5.92 Å². The lowest BCUT2D eigenvalue weighted by molar-refractivity contribution is -0.143. The van der Waals surface area contributed by atoms with Gasteiger partial charge in [0, 0.05) is 19.8 Å². The first-order valence-corrected chi connectivity index (χ1v) is 9.58. The standard InChI is InChI=1S/C22H25F3N2O2/c1-26(2)17-9-7-15(8-10-17)20(27-13-11-16(12-14-27)21(28)29)18-5-3-4-6-19(18)22(23,24)25/h3-10,16,20H,11-14H2,1-2H3,(H,28,29). The number of rotatable bonds is 5. The van der Waals surface area contributed by atoms with E-state index in [1.54, 1.807) is 6.07 Å². The maximum Gasteiger partial charge on any atom is 0.416 e. The molecule has 2 aromatic rings. The number of nitrogens with zero attached hydrogens (tertiary/aromatic N) is 2. The number of hydrogen-bond donors (Lipinski definition) is 1. The Bertz CT molecular complexity index is 842. The maximum absolute atomic E-state index is 13.7. The van der Waals surface area contributed by atoms with Crippen LogP contribution in [0.3, 0.4) is 0 Å². The topological polar surface area (TPSA) is 43.8 Å². The molecule has 0 aromatic heterocycles. The number of aliphatic carboxylic acids is 1. The number of piperidine rings is 1. The fourth-order valence-corrected chi connectivity index (χ4v) is 3.94. The molecule has 1 N–H and O–H groups in total. The second kappa shape index (κ2) is 8.45. The Morgan fingerprint density at radius 1 is 1.07 bits per heavy atom. The molecule has 7 heteroatoms. The van der Waals surface area contributed by atoms with Crippen LogP contribution in [-0.4, -0.2) is 43.2 Å². The molecule has 1 atom stereocenters. The van der Waals surface area contributed by atoms with Crippen LogP contribution in [0.5, 0.6) is 0 Å². The summed E-state index contributed by atoms with van der Waals surface area (Å²) in [6, 6.07) is 12.6. The summed E-state index contributed by atoms with van der Waals surface area (Å²) in [5.74, 6) is -1.28. The SMILES string of the molecule is CN(C)c1ccc(C(c2ccccc2C(F)(F)F)N2CCC(C(=O)O)CC2)cc1. The monoisotopic (exact) mass is 406 g/mol. The van der Waals surface area contributed by atoms with Crippen LogP contribution in [0.4, 0.5) is 18.9 Å². The van der Waals surface area contributed by atoms with Gasteiger partial charge in [0.15, 0.2) is 0 Å². The smallest absolute Gasteiger partial charge is 0.416 e. The lowest BCUT2D eigenvalue weighted by atomic mass is 9.89. The molecule has 4 nitrogen and oxygen atoms in total. The summed E-state index contributed by atoms with van der Waals surface area (Å²) in [5, 5.41) is 9.26. The highest BCUT2D eigenvalue weighted by atomic mass is 19.4. The minimum absolute atomic E-state index is 0.200. The number of carboxylic acid groups (broad SMARTS) is 1. The van der Waals surface area contributed by atoms with Crippen LogP contribution in [0.15, 0.2) is 48.5 Å². The zero-order valence-corrected chi connectivity index (χ0v) is 16.5. The van der Waals surface area contributed by atoms with Crippen LogP contribution in [0.2, 0.25) is 0 Å². The van der Waals surface area contributed by atoms with Gasteiger partial charge in [-0.05, 0) is 55.3 Å². The van der Waals surface area contributed by atoms with E-state index in [1.165, 1.54) is 12.1 Å². The number of hydrogen-bond acceptors (Lipinski definition) is 3. The Morgan fingerprint density at radius 2 is 1.66 bits per heavy atom. The Labute approximate surface area is 168 Å². The van der Waals surface area contributed by atoms with Crippen LogP contribution in [0, 0.1) is 5.92 Å². The highest BCUT2D eigenvalue weighted by Gasteiger charge is 2.38. The van der Waals surface area contributed by atoms with E-state index in [0.717, 1.165) is 17.3 Å². The Morgan fingerprint density at radius 3 is 2.17 bits per heavy atom. The fourth-order valence-electron chi connectivity index (χ4n) is 3.94. The average molecular weight is 406 g/mol. The zero-order valence-electron chi connectivity index (χ0n) is 16.5. The average Bonchev–Trinajstić information content (AvgIpc) is 2.68. The minimum atomic E-state index is -4.46. The van der Waals surface area contributed by atoms with E-state index in [9.17, 15) is 23.1 Å². The van der Waals surface area contributed by atoms with Crippen molar-refractivity contribution >= 4 is 11.7 Å². The van der Waals surface area contributed by atoms with Gasteiger partial charge in [-0.1, -0.05) is 30.3 Å². The lowest BCUT2D eigenvalue weighted by Gasteiger charge is -2.38. The third kappa shape index (κ3) is 4.72. The van der Waals surface area contributed by atoms with Gasteiger partial charge in [0.25, 0.3) is 0 Å². The molecule has 1 heterocycles. The van der Waals surface area contributed by atoms with Crippen molar-refractivity contribution in [2.45, 2.75) is 25.1 Å². The third-order valence-electron chi connectivity index (χ3n) is 5.53. The molecule has 1 unspecified atom stereocenters. The minimum Gasteiger partial charge on any atom is -0.481 e. The summed E-state index contributed by atoms with van der Waals surface area (Å²) in [5.41, 5.74) is 1.27. The Hall–Kier alpha value is -2.54. The first-order valence-electron chi connectivity index (χ1n) is 9.58. The molecule has 1 fully saturated rings. The molecule has 2 aromatic carbocycles. The molecule has 3 rings (SSSR count). The number of likely N-dealkylation sites (tertiary alicyclic amines) is 1. The fraction of sp³-hybridized carbons (Fsp3) is 0.409. The molecule has 0 radical (unpaired) electrons. The summed E-state index contributed by atoms with van der Waals surface area (Å²) in [6.45, 7) is 0.868. The molecule has 29 heavy (non-hydrogen) atoms. The predicted molar refractivity (Wildman–Crippen MR) is 106 cm³/mol. The van der Waals surface area contributed by atoms with Crippen molar-refractivity contribution in [3.63, 3.8) is 0 Å². The van der Waals surface area contributed by atoms with Gasteiger partial charge in [0.05, 0.1) is 17.5 Å². The second-order valence-electron chi connectivity index (χ2n) is 7.62. The number of carboxylic acids is 1. The van der Waals surface area contributed by atoms with E-state index in [2.05, 4.69) is 0 Å². The molecule has 156 valence electrons. The van der Waals surface area contributed by atoms with E-state index in [4.69, 9.17) is 0 Å². The van der Waals surface area contributed by atoms with Crippen molar-refractivity contribution in [1.29, 1.82) is 0 Å². The van der Waals surface area contributed by atoms with Crippen molar-refractivity contribution in [3.8, 4) is 0 Å². The first kappa shape index (κ1) is 21.2. The largest absolute Gasteiger partial charge is 0.481 e. The van der Waals surface area contributed by atoms with E-state index in [1.807, 2.05) is 48.2 Å². The molecule has 0 amide bonds. The Balaban J connectivity index is 2.03. The van der Waals surface area contributed by atoms with Crippen molar-refractivity contribution in [2.75, 3.05) is 32.1 Å². The summed E-state index contributed by atoms with van der Waals surface area (Å²) in [4.78, 5) is 15.2. The van der Waals surface area contributed by atoms with E-state index >= 15 is 0 Å². The van der Waals surface area contributed by atoms with Gasteiger partial charge in [-0.2, -0.15) is 13.2 Å². The molecule has 0 aliphatic carbocycles. The van der Waals surface area contributed by atoms with Crippen LogP contribution in [0.1, 0.15) is 35.6 Å². The quantitative estimate of drug-likeness (QED) is 0.785. The first-order chi connectivity index (χ1) is 13.7. The number of halogens is 3. The summed E-state index contributed by atoms with van der Waals surface area (Å²) in [7, 11) is 3.81. The van der Waals surface area contributed by atoms with Gasteiger partial charge < -0.3 is 10.0 Å². The number of alkyl halides is 3. The predicted octanol–water partition coefficient (Wildman–Crippen LogP) is 4.66. The van der Waals surface area contributed by atoms with E-state index in [-0.39, 0.29) is 5.56 Å². The van der Waals surface area contributed by atoms with Crippen LogP contribution in [-0.2, 0) is 11.0 Å². The number of benzene rings is 2. The normalized spacial score (nSPS) is 17.1. The highest BCUT2D eigenvalue weighted by Crippen LogP contribution is 2.40. The number of carbonyl (C=O) groups is 1. The van der Waals surface area contributed by atoms with Gasteiger partial charge >= 0.3 is 12.1 Å². The molecule has 0 saturated carbocycles. The van der Waals surface area contributed by atoms with E-state index < -0.39 is 29.7 Å². The van der Waals surface area contributed by atoms with Gasteiger partial charge in [-0.3, -0.25) is 9.69 Å². The molecule has 0 spiro atoms. The van der Waals surface area contributed by atoms with E-state index in [0.29, 0.717) is 25.9 Å². The van der Waals surface area contributed by atoms with Gasteiger partial charge in [-0.25, -0.2) is 0 Å². The molecular weight excluding hydrogens is 381 g/mol. The number of anilines is 1. The third-order valence-corrected chi connectivity index (χ3v) is 5.53. The van der Waals surface area contributed by atoms with Crippen molar-refractivity contribution < 1.29 is 23.1 Å². The summed E-state index contributed by atoms with van der Waals surface area (Å²) < 4.78 is 41.2. The van der Waals surface area contributed by atoms with Gasteiger partial charge in [0.1, 0.15) is 0 Å². The highest BCUT2D eigenvalue weighted by molar-refractivity contribution is 5.70. The van der Waals surface area contributed by atoms with Gasteiger partial charge in [-0.15, -0.1) is 0 Å². The molecule has 0 bridgehead atoms. The second-order valence-corrected chi connectivity index (χ2v) is 7.62. The van der Waals surface area contributed by atoms with Crippen molar-refractivity contribution in [1.82, 2.24) is 4.90 Å². The zero-order chi connectivity index (χ0) is 21.2. The van der Waals surface area contributed by atoms with Crippen molar-refractivity contribution in [3.05, 3.63) is 65.2 Å². The van der Waals surface area contributed by atoms with Crippen LogP contribution < -0.4 is 4.90 Å².